The van der Waals surface area contributed by atoms with E-state index >= 15 is 0 Å². The normalized spacial score (nSPS) is 13.6. The maximum atomic E-state index is 10.4. The van der Waals surface area contributed by atoms with E-state index in [1.54, 1.807) is 6.07 Å². The molecule has 8 heavy (non-hydrogen) atoms. The third kappa shape index (κ3) is 1.31. The van der Waals surface area contributed by atoms with Crippen LogP contribution in [0.3, 0.4) is 0 Å². The molecule has 0 bridgehead atoms. The SMILES string of the molecule is O=S(Cl)c1cccs1. The molecule has 1 aromatic heterocycles. The molecule has 44 valence electrons. The van der Waals surface area contributed by atoms with Crippen molar-refractivity contribution in [3.8, 4) is 0 Å². The van der Waals surface area contributed by atoms with Gasteiger partial charge in [-0.05, 0) is 22.1 Å². The lowest BCUT2D eigenvalue weighted by molar-refractivity contribution is 0.692. The lowest BCUT2D eigenvalue weighted by Crippen LogP contribution is -1.68. The van der Waals surface area contributed by atoms with Crippen LogP contribution in [0.2, 0.25) is 0 Å². The number of hydrogen-bond acceptors (Lipinski definition) is 2. The first kappa shape index (κ1) is 6.26. The number of thiophene rings is 1. The van der Waals surface area contributed by atoms with E-state index in [0.717, 1.165) is 0 Å². The van der Waals surface area contributed by atoms with Crippen molar-refractivity contribution in [1.29, 1.82) is 0 Å². The molecule has 0 fully saturated rings. The summed E-state index contributed by atoms with van der Waals surface area (Å²) < 4.78 is 11.1. The molecule has 1 heterocycles. The zero-order valence-corrected chi connectivity index (χ0v) is 6.22. The predicted molar refractivity (Wildman–Crippen MR) is 36.6 cm³/mol. The summed E-state index contributed by atoms with van der Waals surface area (Å²) in [6, 6.07) is 3.56. The molecule has 0 radical (unpaired) electrons. The molecule has 0 aliphatic rings. The Labute approximate surface area is 58.3 Å². The van der Waals surface area contributed by atoms with Crippen LogP contribution >= 0.6 is 22.0 Å². The first-order chi connectivity index (χ1) is 3.80. The van der Waals surface area contributed by atoms with E-state index in [2.05, 4.69) is 0 Å². The van der Waals surface area contributed by atoms with Crippen molar-refractivity contribution in [3.63, 3.8) is 0 Å². The van der Waals surface area contributed by atoms with Crippen molar-refractivity contribution in [2.75, 3.05) is 0 Å². The van der Waals surface area contributed by atoms with Crippen molar-refractivity contribution in [2.24, 2.45) is 0 Å². The summed E-state index contributed by atoms with van der Waals surface area (Å²) in [4.78, 5) is 0. The zero-order chi connectivity index (χ0) is 5.98. The maximum Gasteiger partial charge on any atom is 0.157 e. The van der Waals surface area contributed by atoms with Gasteiger partial charge in [0.05, 0.1) is 0 Å². The Bertz CT molecular complexity index is 182. The highest BCUT2D eigenvalue weighted by molar-refractivity contribution is 8.09. The van der Waals surface area contributed by atoms with Gasteiger partial charge in [0, 0.05) is 0 Å². The summed E-state index contributed by atoms with van der Waals surface area (Å²) in [6.45, 7) is 0. The zero-order valence-electron chi connectivity index (χ0n) is 3.83. The lowest BCUT2D eigenvalue weighted by Gasteiger charge is -1.78. The summed E-state index contributed by atoms with van der Waals surface area (Å²) in [5.41, 5.74) is 0. The van der Waals surface area contributed by atoms with Gasteiger partial charge in [0.15, 0.2) is 10.0 Å². The molecule has 4 heteroatoms. The third-order valence-corrected chi connectivity index (χ3v) is 3.28. The highest BCUT2D eigenvalue weighted by atomic mass is 35.7. The van der Waals surface area contributed by atoms with Gasteiger partial charge in [-0.25, -0.2) is 4.21 Å². The summed E-state index contributed by atoms with van der Waals surface area (Å²) in [5.74, 6) is 0. The second-order valence-corrected chi connectivity index (χ2v) is 4.09. The van der Waals surface area contributed by atoms with Crippen molar-refractivity contribution < 1.29 is 4.21 Å². The Morgan fingerprint density at radius 1 is 1.75 bits per heavy atom. The third-order valence-electron chi connectivity index (χ3n) is 0.653. The minimum Gasteiger partial charge on any atom is -0.236 e. The van der Waals surface area contributed by atoms with Gasteiger partial charge in [-0.15, -0.1) is 11.3 Å². The van der Waals surface area contributed by atoms with Crippen LogP contribution < -0.4 is 0 Å². The molecule has 0 saturated carbocycles. The first-order valence-corrected chi connectivity index (χ1v) is 4.78. The standard InChI is InChI=1S/C4H3ClOS2/c5-8(6)4-2-1-3-7-4/h1-3H. The van der Waals surface area contributed by atoms with Crippen LogP contribution in [0.1, 0.15) is 0 Å². The topological polar surface area (TPSA) is 17.1 Å². The second-order valence-electron chi connectivity index (χ2n) is 1.16. The van der Waals surface area contributed by atoms with E-state index in [4.69, 9.17) is 10.7 Å². The summed E-state index contributed by atoms with van der Waals surface area (Å²) >= 11 is 1.40. The first-order valence-electron chi connectivity index (χ1n) is 1.92. The molecule has 1 rings (SSSR count). The van der Waals surface area contributed by atoms with Crippen LogP contribution in [0.25, 0.3) is 0 Å². The van der Waals surface area contributed by atoms with Crippen molar-refractivity contribution in [2.45, 2.75) is 4.21 Å². The molecule has 0 aliphatic carbocycles. The quantitative estimate of drug-likeness (QED) is 0.584. The van der Waals surface area contributed by atoms with E-state index in [0.29, 0.717) is 4.21 Å². The molecule has 1 atom stereocenters. The van der Waals surface area contributed by atoms with Crippen LogP contribution in [0.5, 0.6) is 0 Å². The molecule has 0 N–H and O–H groups in total. The Kier molecular flexibility index (Phi) is 2.05. The Hall–Kier alpha value is 0.140. The minimum absolute atomic E-state index is 0.715. The fourth-order valence-corrected chi connectivity index (χ4v) is 1.94. The van der Waals surface area contributed by atoms with Gasteiger partial charge in [-0.2, -0.15) is 0 Å². The molecule has 0 aromatic carbocycles. The van der Waals surface area contributed by atoms with Gasteiger partial charge in [0.1, 0.15) is 4.21 Å². The Morgan fingerprint density at radius 3 is 2.75 bits per heavy atom. The fourth-order valence-electron chi connectivity index (χ4n) is 0.355. The molecular weight excluding hydrogens is 164 g/mol. The molecular formula is C4H3ClOS2. The Morgan fingerprint density at radius 2 is 2.50 bits per heavy atom. The maximum absolute atomic E-state index is 10.4. The summed E-state index contributed by atoms with van der Waals surface area (Å²) in [6.07, 6.45) is 0. The molecule has 1 aromatic rings. The molecule has 0 spiro atoms. The van der Waals surface area contributed by atoms with E-state index < -0.39 is 10.0 Å². The molecule has 0 aliphatic heterocycles. The smallest absolute Gasteiger partial charge is 0.157 e. The predicted octanol–water partition coefficient (Wildman–Crippen LogP) is 2.01. The number of rotatable bonds is 1. The highest BCUT2D eigenvalue weighted by Crippen LogP contribution is 2.15. The van der Waals surface area contributed by atoms with E-state index in [1.165, 1.54) is 11.3 Å². The largest absolute Gasteiger partial charge is 0.236 e. The van der Waals surface area contributed by atoms with Gasteiger partial charge in [-0.1, -0.05) is 6.07 Å². The Balaban J connectivity index is 2.93. The average Bonchev–Trinajstić information content (AvgIpc) is 2.12. The van der Waals surface area contributed by atoms with E-state index in [1.807, 2.05) is 11.4 Å². The monoisotopic (exact) mass is 166 g/mol. The van der Waals surface area contributed by atoms with Gasteiger partial charge in [0.2, 0.25) is 0 Å². The van der Waals surface area contributed by atoms with Crippen LogP contribution in [-0.4, -0.2) is 4.21 Å². The highest BCUT2D eigenvalue weighted by Gasteiger charge is 1.96. The van der Waals surface area contributed by atoms with Crippen LogP contribution in [0.15, 0.2) is 21.7 Å². The van der Waals surface area contributed by atoms with Crippen LogP contribution in [0, 0.1) is 0 Å². The van der Waals surface area contributed by atoms with Crippen molar-refractivity contribution in [1.82, 2.24) is 0 Å². The van der Waals surface area contributed by atoms with Gasteiger partial charge in [-0.3, -0.25) is 0 Å². The molecule has 0 saturated heterocycles. The van der Waals surface area contributed by atoms with Crippen LogP contribution in [0.4, 0.5) is 0 Å². The van der Waals surface area contributed by atoms with E-state index in [9.17, 15) is 4.21 Å². The van der Waals surface area contributed by atoms with E-state index in [-0.39, 0.29) is 0 Å². The summed E-state index contributed by atoms with van der Waals surface area (Å²) in [5, 5.41) is 1.84. The second kappa shape index (κ2) is 2.62. The minimum atomic E-state index is -1.31. The number of halogens is 1. The van der Waals surface area contributed by atoms with Crippen molar-refractivity contribution >= 4 is 32.0 Å². The van der Waals surface area contributed by atoms with Crippen molar-refractivity contribution in [3.05, 3.63) is 17.5 Å². The molecule has 1 unspecified atom stereocenters. The molecule has 0 amide bonds. The lowest BCUT2D eigenvalue weighted by atomic mass is 10.7. The average molecular weight is 167 g/mol. The fraction of sp³-hybridized carbons (Fsp3) is 0. The van der Waals surface area contributed by atoms with Gasteiger partial charge in [0.25, 0.3) is 0 Å². The van der Waals surface area contributed by atoms with Gasteiger partial charge < -0.3 is 0 Å². The summed E-state index contributed by atoms with van der Waals surface area (Å²) in [7, 11) is 3.92. The number of hydrogen-bond donors (Lipinski definition) is 0. The van der Waals surface area contributed by atoms with Crippen LogP contribution in [-0.2, 0) is 10.0 Å². The molecule has 1 nitrogen and oxygen atoms in total. The van der Waals surface area contributed by atoms with Gasteiger partial charge >= 0.3 is 0 Å².